The Bertz CT molecular complexity index is 976. The summed E-state index contributed by atoms with van der Waals surface area (Å²) >= 11 is 5.77. The smallest absolute Gasteiger partial charge is 0.288 e. The van der Waals surface area contributed by atoms with Crippen molar-refractivity contribution in [2.45, 2.75) is 19.9 Å². The fraction of sp³-hybridized carbons (Fsp3) is 0.250. The van der Waals surface area contributed by atoms with E-state index in [0.717, 1.165) is 6.07 Å². The van der Waals surface area contributed by atoms with Gasteiger partial charge in [-0.25, -0.2) is 0 Å². The quantitative estimate of drug-likeness (QED) is 0.457. The van der Waals surface area contributed by atoms with E-state index in [9.17, 15) is 24.5 Å². The van der Waals surface area contributed by atoms with Crippen LogP contribution in [0.2, 0.25) is 5.02 Å². The minimum atomic E-state index is -0.897. The molecular formula is C20H21ClN4O5. The molecule has 3 N–H and O–H groups in total. The number of nitrogens with one attached hydrogen (secondary N) is 3. The van der Waals surface area contributed by atoms with Crippen LogP contribution in [0.5, 0.6) is 0 Å². The summed E-state index contributed by atoms with van der Waals surface area (Å²) in [7, 11) is 1.52. The highest BCUT2D eigenvalue weighted by atomic mass is 35.5. The van der Waals surface area contributed by atoms with Crippen molar-refractivity contribution in [2.75, 3.05) is 12.4 Å². The van der Waals surface area contributed by atoms with E-state index in [1.807, 2.05) is 0 Å². The molecule has 30 heavy (non-hydrogen) atoms. The Hall–Kier alpha value is -3.46. The van der Waals surface area contributed by atoms with Gasteiger partial charge >= 0.3 is 0 Å². The molecule has 0 aliphatic rings. The molecule has 10 heteroatoms. The van der Waals surface area contributed by atoms with Crippen LogP contribution in [-0.2, 0) is 4.79 Å². The standard InChI is InChI=1S/C20H21ClN4O5/c1-11(2)17(20(28)23-14-7-4-12(5-8-14)18(26)22-3)24-19(27)13-6-9-15(21)16(10-13)25(29)30/h4-11,17H,1-3H3,(H,22,26)(H,23,28)(H,24,27). The van der Waals surface area contributed by atoms with Gasteiger partial charge in [-0.05, 0) is 42.3 Å². The van der Waals surface area contributed by atoms with Crippen LogP contribution in [0.1, 0.15) is 34.6 Å². The zero-order valence-electron chi connectivity index (χ0n) is 16.6. The van der Waals surface area contributed by atoms with Crippen molar-refractivity contribution in [3.8, 4) is 0 Å². The molecule has 1 atom stereocenters. The Labute approximate surface area is 177 Å². The number of anilines is 1. The molecule has 0 aliphatic heterocycles. The third kappa shape index (κ3) is 5.54. The fourth-order valence-corrected chi connectivity index (χ4v) is 2.81. The van der Waals surface area contributed by atoms with Crippen molar-refractivity contribution >= 4 is 40.7 Å². The van der Waals surface area contributed by atoms with E-state index in [4.69, 9.17) is 11.6 Å². The van der Waals surface area contributed by atoms with Gasteiger partial charge in [0, 0.05) is 29.9 Å². The molecule has 0 saturated heterocycles. The van der Waals surface area contributed by atoms with Crippen molar-refractivity contribution in [1.29, 1.82) is 0 Å². The van der Waals surface area contributed by atoms with Crippen LogP contribution >= 0.6 is 11.6 Å². The first-order valence-corrected chi connectivity index (χ1v) is 9.39. The summed E-state index contributed by atoms with van der Waals surface area (Å²) in [4.78, 5) is 47.2. The van der Waals surface area contributed by atoms with Crippen LogP contribution in [0.15, 0.2) is 42.5 Å². The summed E-state index contributed by atoms with van der Waals surface area (Å²) in [5.74, 6) is -1.62. The first-order valence-electron chi connectivity index (χ1n) is 9.01. The van der Waals surface area contributed by atoms with E-state index in [1.54, 1.807) is 38.1 Å². The number of benzene rings is 2. The summed E-state index contributed by atoms with van der Waals surface area (Å²) in [6.07, 6.45) is 0. The van der Waals surface area contributed by atoms with Gasteiger partial charge in [-0.3, -0.25) is 24.5 Å². The number of amides is 3. The maximum absolute atomic E-state index is 12.7. The molecule has 0 aromatic heterocycles. The molecule has 0 fully saturated rings. The Morgan fingerprint density at radius 3 is 2.13 bits per heavy atom. The molecule has 0 bridgehead atoms. The second kappa shape index (κ2) is 9.84. The Morgan fingerprint density at radius 2 is 1.60 bits per heavy atom. The van der Waals surface area contributed by atoms with E-state index in [-0.39, 0.29) is 22.4 Å². The summed E-state index contributed by atoms with van der Waals surface area (Å²) in [6, 6.07) is 9.03. The largest absolute Gasteiger partial charge is 0.355 e. The first-order chi connectivity index (χ1) is 14.1. The second-order valence-electron chi connectivity index (χ2n) is 6.76. The van der Waals surface area contributed by atoms with E-state index >= 15 is 0 Å². The van der Waals surface area contributed by atoms with E-state index in [0.29, 0.717) is 11.3 Å². The van der Waals surface area contributed by atoms with Gasteiger partial charge in [-0.1, -0.05) is 25.4 Å². The number of nitrogens with zero attached hydrogens (tertiary/aromatic N) is 1. The summed E-state index contributed by atoms with van der Waals surface area (Å²) in [5, 5.41) is 18.7. The molecule has 1 unspecified atom stereocenters. The van der Waals surface area contributed by atoms with Crippen molar-refractivity contribution < 1.29 is 19.3 Å². The molecule has 0 radical (unpaired) electrons. The predicted octanol–water partition coefficient (Wildman–Crippen LogP) is 3.00. The van der Waals surface area contributed by atoms with Crippen molar-refractivity contribution in [1.82, 2.24) is 10.6 Å². The number of hydrogen-bond donors (Lipinski definition) is 3. The molecule has 158 valence electrons. The van der Waals surface area contributed by atoms with Gasteiger partial charge in [0.05, 0.1) is 4.92 Å². The normalized spacial score (nSPS) is 11.5. The molecule has 2 aromatic carbocycles. The highest BCUT2D eigenvalue weighted by Gasteiger charge is 2.26. The fourth-order valence-electron chi connectivity index (χ4n) is 2.62. The van der Waals surface area contributed by atoms with E-state index in [2.05, 4.69) is 16.0 Å². The topological polar surface area (TPSA) is 130 Å². The van der Waals surface area contributed by atoms with Gasteiger partial charge < -0.3 is 16.0 Å². The van der Waals surface area contributed by atoms with Crippen LogP contribution in [-0.4, -0.2) is 35.7 Å². The van der Waals surface area contributed by atoms with E-state index in [1.165, 1.54) is 19.2 Å². The zero-order valence-corrected chi connectivity index (χ0v) is 17.3. The first kappa shape index (κ1) is 22.8. The van der Waals surface area contributed by atoms with Gasteiger partial charge in [-0.2, -0.15) is 0 Å². The molecule has 2 aromatic rings. The monoisotopic (exact) mass is 432 g/mol. The number of rotatable bonds is 7. The Kier molecular flexibility index (Phi) is 7.48. The molecule has 3 amide bonds. The Balaban J connectivity index is 2.14. The second-order valence-corrected chi connectivity index (χ2v) is 7.17. The average molecular weight is 433 g/mol. The summed E-state index contributed by atoms with van der Waals surface area (Å²) in [5.41, 5.74) is 0.508. The highest BCUT2D eigenvalue weighted by molar-refractivity contribution is 6.32. The van der Waals surface area contributed by atoms with Crippen LogP contribution in [0, 0.1) is 16.0 Å². The third-order valence-corrected chi connectivity index (χ3v) is 4.60. The maximum atomic E-state index is 12.7. The maximum Gasteiger partial charge on any atom is 0.288 e. The lowest BCUT2D eigenvalue weighted by atomic mass is 10.0. The van der Waals surface area contributed by atoms with Crippen molar-refractivity contribution in [3.63, 3.8) is 0 Å². The molecule has 0 spiro atoms. The summed E-state index contributed by atoms with van der Waals surface area (Å²) < 4.78 is 0. The molecule has 0 saturated carbocycles. The lowest BCUT2D eigenvalue weighted by Gasteiger charge is -2.22. The van der Waals surface area contributed by atoms with Gasteiger partial charge in [0.2, 0.25) is 5.91 Å². The van der Waals surface area contributed by atoms with Gasteiger partial charge in [-0.15, -0.1) is 0 Å². The SMILES string of the molecule is CNC(=O)c1ccc(NC(=O)C(NC(=O)c2ccc(Cl)c([N+](=O)[O-])c2)C(C)C)cc1. The Morgan fingerprint density at radius 1 is 1.00 bits per heavy atom. The number of carbonyl (C=O) groups is 3. The molecular weight excluding hydrogens is 412 g/mol. The van der Waals surface area contributed by atoms with Gasteiger partial charge in [0.15, 0.2) is 0 Å². The number of halogens is 1. The van der Waals surface area contributed by atoms with Crippen LogP contribution < -0.4 is 16.0 Å². The van der Waals surface area contributed by atoms with Crippen molar-refractivity contribution in [3.05, 3.63) is 68.7 Å². The van der Waals surface area contributed by atoms with E-state index < -0.39 is 28.5 Å². The molecule has 0 heterocycles. The van der Waals surface area contributed by atoms with Gasteiger partial charge in [0.1, 0.15) is 11.1 Å². The zero-order chi connectivity index (χ0) is 22.4. The minimum Gasteiger partial charge on any atom is -0.355 e. The number of hydrogen-bond acceptors (Lipinski definition) is 5. The van der Waals surface area contributed by atoms with Crippen LogP contribution in [0.25, 0.3) is 0 Å². The highest BCUT2D eigenvalue weighted by Crippen LogP contribution is 2.25. The minimum absolute atomic E-state index is 0.0134. The van der Waals surface area contributed by atoms with Crippen molar-refractivity contribution in [2.24, 2.45) is 5.92 Å². The predicted molar refractivity (Wildman–Crippen MR) is 113 cm³/mol. The lowest BCUT2D eigenvalue weighted by Crippen LogP contribution is -2.47. The van der Waals surface area contributed by atoms with Crippen LogP contribution in [0.4, 0.5) is 11.4 Å². The molecule has 2 rings (SSSR count). The number of nitro benzene ring substituents is 1. The molecule has 9 nitrogen and oxygen atoms in total. The van der Waals surface area contributed by atoms with Crippen LogP contribution in [0.3, 0.4) is 0 Å². The summed E-state index contributed by atoms with van der Waals surface area (Å²) in [6.45, 7) is 3.51. The average Bonchev–Trinajstić information content (AvgIpc) is 2.71. The molecule has 0 aliphatic carbocycles. The lowest BCUT2D eigenvalue weighted by molar-refractivity contribution is -0.384. The number of nitro groups is 1. The third-order valence-electron chi connectivity index (χ3n) is 4.28. The number of carbonyl (C=O) groups excluding carboxylic acids is 3. The van der Waals surface area contributed by atoms with Gasteiger partial charge in [0.25, 0.3) is 17.5 Å².